The van der Waals surface area contributed by atoms with E-state index in [0.29, 0.717) is 36.4 Å². The Bertz CT molecular complexity index is 1420. The van der Waals surface area contributed by atoms with Crippen LogP contribution in [0.4, 0.5) is 34.1 Å². The van der Waals surface area contributed by atoms with E-state index >= 15 is 0 Å². The predicted octanol–water partition coefficient (Wildman–Crippen LogP) is 3.61. The largest absolute Gasteiger partial charge is 0.497 e. The van der Waals surface area contributed by atoms with E-state index in [0.717, 1.165) is 6.92 Å². The van der Waals surface area contributed by atoms with E-state index in [1.165, 1.54) is 0 Å². The van der Waals surface area contributed by atoms with Gasteiger partial charge in [-0.05, 0) is 23.6 Å². The van der Waals surface area contributed by atoms with Crippen molar-refractivity contribution in [3.05, 3.63) is 114 Å². The summed E-state index contributed by atoms with van der Waals surface area (Å²) in [6, 6.07) is 2.98. The molecule has 0 heterocycles. The topological polar surface area (TPSA) is 320 Å². The molecule has 0 unspecified atom stereocenters. The third-order valence-corrected chi connectivity index (χ3v) is 6.12. The maximum absolute atomic E-state index is 11.6. The fraction of sp³-hybridized carbons (Fsp3) is 0.100. The Morgan fingerprint density at radius 1 is 0.439 bits per heavy atom. The zero-order valence-electron chi connectivity index (χ0n) is 19.9. The molecule has 0 radical (unpaired) electrons. The first-order chi connectivity index (χ1) is 18.9. The zero-order chi connectivity index (χ0) is 31.1. The SMILES string of the molecule is CC(c1cc([N+](=O)[O-])c(O)c([N+](=O)[O-])c1)(c1cc([N+](=O)[O-])c(O)c([N+](=O)[O-])c1)c1cc([N+](=O)[O-])c(O)c([N+](=O)[O-])c1. The quantitative estimate of drug-likeness (QED) is 0.186. The Morgan fingerprint density at radius 3 is 0.707 bits per heavy atom. The van der Waals surface area contributed by atoms with Gasteiger partial charge in [0.15, 0.2) is 0 Å². The molecule has 0 bridgehead atoms. The van der Waals surface area contributed by atoms with Gasteiger partial charge in [0.25, 0.3) is 17.2 Å². The highest BCUT2D eigenvalue weighted by Gasteiger charge is 2.42. The van der Waals surface area contributed by atoms with E-state index in [1.807, 2.05) is 0 Å². The Kier molecular flexibility index (Phi) is 7.06. The van der Waals surface area contributed by atoms with Crippen LogP contribution in [0, 0.1) is 60.7 Å². The van der Waals surface area contributed by atoms with Gasteiger partial charge in [0, 0.05) is 41.8 Å². The van der Waals surface area contributed by atoms with Crippen LogP contribution in [0.3, 0.4) is 0 Å². The number of nitro groups is 6. The fourth-order valence-corrected chi connectivity index (χ4v) is 4.01. The van der Waals surface area contributed by atoms with Crippen LogP contribution >= 0.6 is 0 Å². The zero-order valence-corrected chi connectivity index (χ0v) is 19.9. The molecule has 0 aliphatic rings. The minimum absolute atomic E-state index is 0.497. The second kappa shape index (κ2) is 9.97. The van der Waals surface area contributed by atoms with Crippen molar-refractivity contribution in [2.45, 2.75) is 12.3 Å². The minimum Gasteiger partial charge on any atom is -0.497 e. The molecular weight excluding hydrogens is 564 g/mol. The van der Waals surface area contributed by atoms with Gasteiger partial charge in [-0.2, -0.15) is 0 Å². The number of phenolic OH excluding ortho intramolecular Hbond substituents is 3. The van der Waals surface area contributed by atoms with Crippen molar-refractivity contribution in [2.75, 3.05) is 0 Å². The standard InChI is InChI=1S/C20H12N6O15/c1-20(8-2-11(21(30)31)17(27)12(3-8)22(32)33,9-4-13(23(34)35)18(28)14(5-9)24(36)37)10-6-15(25(38)39)19(29)16(7-10)26(40)41/h2-7,27-29H,1H3. The Labute approximate surface area is 223 Å². The third-order valence-electron chi connectivity index (χ3n) is 6.12. The molecule has 0 saturated heterocycles. The Hall–Kier alpha value is -6.54. The van der Waals surface area contributed by atoms with E-state index in [-0.39, 0.29) is 0 Å². The van der Waals surface area contributed by atoms with Gasteiger partial charge in [-0.3, -0.25) is 60.7 Å². The summed E-state index contributed by atoms with van der Waals surface area (Å²) in [4.78, 5) is 62.1. The maximum Gasteiger partial charge on any atom is 0.318 e. The second-order valence-electron chi connectivity index (χ2n) is 8.26. The average Bonchev–Trinajstić information content (AvgIpc) is 2.87. The molecule has 0 spiro atoms. The van der Waals surface area contributed by atoms with Gasteiger partial charge in [0.1, 0.15) is 0 Å². The summed E-state index contributed by atoms with van der Waals surface area (Å²) in [6.07, 6.45) is 0. The van der Waals surface area contributed by atoms with Gasteiger partial charge < -0.3 is 15.3 Å². The first-order valence-corrected chi connectivity index (χ1v) is 10.4. The highest BCUT2D eigenvalue weighted by Crippen LogP contribution is 2.51. The summed E-state index contributed by atoms with van der Waals surface area (Å²) in [5.41, 5.74) is -12.3. The van der Waals surface area contributed by atoms with Gasteiger partial charge in [0.2, 0.25) is 0 Å². The van der Waals surface area contributed by atoms with Crippen molar-refractivity contribution in [3.63, 3.8) is 0 Å². The fourth-order valence-electron chi connectivity index (χ4n) is 4.01. The molecule has 21 heteroatoms. The number of phenols is 3. The van der Waals surface area contributed by atoms with Crippen LogP contribution in [-0.2, 0) is 5.41 Å². The summed E-state index contributed by atoms with van der Waals surface area (Å²) in [5, 5.41) is 100.0. The molecule has 3 N–H and O–H groups in total. The van der Waals surface area contributed by atoms with E-state index in [4.69, 9.17) is 0 Å². The van der Waals surface area contributed by atoms with E-state index < -0.39 is 103 Å². The molecule has 3 rings (SSSR count). The van der Waals surface area contributed by atoms with Crippen LogP contribution in [-0.4, -0.2) is 44.9 Å². The summed E-state index contributed by atoms with van der Waals surface area (Å²) < 4.78 is 0. The van der Waals surface area contributed by atoms with Crippen LogP contribution in [0.2, 0.25) is 0 Å². The predicted molar refractivity (Wildman–Crippen MR) is 130 cm³/mol. The van der Waals surface area contributed by atoms with Crippen LogP contribution in [0.25, 0.3) is 0 Å². The molecule has 0 aromatic heterocycles. The number of nitrogens with zero attached hydrogens (tertiary/aromatic N) is 6. The lowest BCUT2D eigenvalue weighted by Gasteiger charge is -2.31. The van der Waals surface area contributed by atoms with Gasteiger partial charge in [-0.15, -0.1) is 0 Å². The van der Waals surface area contributed by atoms with Gasteiger partial charge in [-0.25, -0.2) is 0 Å². The van der Waals surface area contributed by atoms with E-state index in [9.17, 15) is 76.0 Å². The minimum atomic E-state index is -2.45. The number of aromatic hydroxyl groups is 3. The smallest absolute Gasteiger partial charge is 0.318 e. The molecule has 0 fully saturated rings. The third kappa shape index (κ3) is 4.75. The van der Waals surface area contributed by atoms with Crippen molar-refractivity contribution in [3.8, 4) is 17.2 Å². The number of hydrogen-bond donors (Lipinski definition) is 3. The molecule has 0 aliphatic carbocycles. The van der Waals surface area contributed by atoms with Gasteiger partial charge in [-0.1, -0.05) is 0 Å². The highest BCUT2D eigenvalue weighted by molar-refractivity contribution is 5.71. The molecule has 21 nitrogen and oxygen atoms in total. The summed E-state index contributed by atoms with van der Waals surface area (Å²) in [6.45, 7) is 0.937. The summed E-state index contributed by atoms with van der Waals surface area (Å²) in [5.74, 6) is -4.34. The van der Waals surface area contributed by atoms with Crippen molar-refractivity contribution < 1.29 is 44.9 Å². The molecule has 212 valence electrons. The molecule has 3 aromatic rings. The number of hydrogen-bond acceptors (Lipinski definition) is 15. The second-order valence-corrected chi connectivity index (χ2v) is 8.26. The number of benzene rings is 3. The molecule has 0 aliphatic heterocycles. The van der Waals surface area contributed by atoms with Crippen LogP contribution in [0.15, 0.2) is 36.4 Å². The van der Waals surface area contributed by atoms with Crippen molar-refractivity contribution in [1.82, 2.24) is 0 Å². The summed E-state index contributed by atoms with van der Waals surface area (Å²) in [7, 11) is 0. The normalized spacial score (nSPS) is 11.0. The maximum atomic E-state index is 11.6. The molecule has 0 saturated carbocycles. The average molecular weight is 576 g/mol. The van der Waals surface area contributed by atoms with Crippen molar-refractivity contribution in [2.24, 2.45) is 0 Å². The molecular formula is C20H12N6O15. The van der Waals surface area contributed by atoms with Gasteiger partial charge in [0.05, 0.1) is 29.5 Å². The van der Waals surface area contributed by atoms with E-state index in [2.05, 4.69) is 0 Å². The molecule has 0 amide bonds. The highest BCUT2D eigenvalue weighted by atomic mass is 16.7. The van der Waals surface area contributed by atoms with Gasteiger partial charge >= 0.3 is 34.1 Å². The summed E-state index contributed by atoms with van der Waals surface area (Å²) >= 11 is 0. The number of nitro benzene ring substituents is 6. The monoisotopic (exact) mass is 576 g/mol. The lowest BCUT2D eigenvalue weighted by molar-refractivity contribution is -0.396. The van der Waals surface area contributed by atoms with Crippen LogP contribution < -0.4 is 0 Å². The lowest BCUT2D eigenvalue weighted by atomic mass is 9.70. The Balaban J connectivity index is 2.69. The first-order valence-electron chi connectivity index (χ1n) is 10.4. The van der Waals surface area contributed by atoms with E-state index in [1.54, 1.807) is 0 Å². The lowest BCUT2D eigenvalue weighted by Crippen LogP contribution is -2.26. The van der Waals surface area contributed by atoms with Crippen LogP contribution in [0.1, 0.15) is 23.6 Å². The molecule has 0 atom stereocenters. The molecule has 3 aromatic carbocycles. The Morgan fingerprint density at radius 2 is 0.585 bits per heavy atom. The molecule has 41 heavy (non-hydrogen) atoms. The first kappa shape index (κ1) is 29.0. The van der Waals surface area contributed by atoms with Crippen molar-refractivity contribution >= 4 is 34.1 Å². The van der Waals surface area contributed by atoms with Crippen LogP contribution in [0.5, 0.6) is 17.2 Å². The number of rotatable bonds is 9. The van der Waals surface area contributed by atoms with Crippen molar-refractivity contribution in [1.29, 1.82) is 0 Å².